The Kier molecular flexibility index (Phi) is 3.53. The van der Waals surface area contributed by atoms with Gasteiger partial charge in [-0.3, -0.25) is 0 Å². The van der Waals surface area contributed by atoms with Crippen molar-refractivity contribution in [3.63, 3.8) is 0 Å². The van der Waals surface area contributed by atoms with E-state index in [9.17, 15) is 0 Å². The number of aromatic nitrogens is 2. The summed E-state index contributed by atoms with van der Waals surface area (Å²) in [6, 6.07) is 8.46. The van der Waals surface area contributed by atoms with E-state index >= 15 is 0 Å². The Bertz CT molecular complexity index is 635. The molecule has 0 aliphatic rings. The fraction of sp³-hybridized carbons (Fsp3) is 0.286. The molecule has 0 N–H and O–H groups in total. The summed E-state index contributed by atoms with van der Waals surface area (Å²) in [5.74, 6) is 0.893. The second-order valence-electron chi connectivity index (χ2n) is 4.39. The van der Waals surface area contributed by atoms with Crippen LogP contribution in [0.3, 0.4) is 0 Å². The average molecular weight is 304 g/mol. The van der Waals surface area contributed by atoms with Crippen LogP contribution in [-0.4, -0.2) is 9.55 Å². The standard InChI is InChI=1S/C14H14BrN3/c1-9-4-5-11(10(2)8-9)14-17-13(15)12(6-7-16)18(14)3/h4-5,8H,6H2,1-3H3. The molecule has 0 fully saturated rings. The van der Waals surface area contributed by atoms with Crippen LogP contribution in [0.25, 0.3) is 11.4 Å². The lowest BCUT2D eigenvalue weighted by Crippen LogP contribution is -1.99. The molecule has 0 unspecified atom stereocenters. The van der Waals surface area contributed by atoms with Crippen LogP contribution in [0.2, 0.25) is 0 Å². The van der Waals surface area contributed by atoms with Crippen molar-refractivity contribution < 1.29 is 0 Å². The summed E-state index contributed by atoms with van der Waals surface area (Å²) in [7, 11) is 1.94. The molecule has 1 aromatic heterocycles. The minimum atomic E-state index is 0.356. The third kappa shape index (κ3) is 2.19. The summed E-state index contributed by atoms with van der Waals surface area (Å²) in [4.78, 5) is 4.52. The number of nitrogens with zero attached hydrogens (tertiary/aromatic N) is 3. The van der Waals surface area contributed by atoms with E-state index < -0.39 is 0 Å². The van der Waals surface area contributed by atoms with Crippen LogP contribution in [0.5, 0.6) is 0 Å². The maximum atomic E-state index is 8.83. The third-order valence-electron chi connectivity index (χ3n) is 3.03. The lowest BCUT2D eigenvalue weighted by atomic mass is 10.1. The smallest absolute Gasteiger partial charge is 0.141 e. The SMILES string of the molecule is Cc1ccc(-c2nc(Br)c(CC#N)n2C)c(C)c1. The number of aryl methyl sites for hydroxylation is 2. The van der Waals surface area contributed by atoms with E-state index in [4.69, 9.17) is 5.26 Å². The first kappa shape index (κ1) is 12.8. The number of imidazole rings is 1. The van der Waals surface area contributed by atoms with Crippen LogP contribution in [0.4, 0.5) is 0 Å². The Morgan fingerprint density at radius 2 is 2.11 bits per heavy atom. The number of halogens is 1. The van der Waals surface area contributed by atoms with E-state index in [1.54, 1.807) is 0 Å². The molecule has 0 amide bonds. The predicted octanol–water partition coefficient (Wildman–Crippen LogP) is 3.53. The van der Waals surface area contributed by atoms with Crippen LogP contribution in [0, 0.1) is 25.2 Å². The maximum absolute atomic E-state index is 8.83. The van der Waals surface area contributed by atoms with Gasteiger partial charge in [0.15, 0.2) is 0 Å². The van der Waals surface area contributed by atoms with E-state index in [0.717, 1.165) is 21.7 Å². The van der Waals surface area contributed by atoms with E-state index in [2.05, 4.69) is 59.0 Å². The average Bonchev–Trinajstić information content (AvgIpc) is 2.58. The van der Waals surface area contributed by atoms with Gasteiger partial charge in [-0.25, -0.2) is 4.98 Å². The first-order chi connectivity index (χ1) is 8.54. The van der Waals surface area contributed by atoms with Gasteiger partial charge in [-0.15, -0.1) is 0 Å². The fourth-order valence-corrected chi connectivity index (χ4v) is 2.64. The van der Waals surface area contributed by atoms with Crippen LogP contribution in [0.1, 0.15) is 16.8 Å². The van der Waals surface area contributed by atoms with Gasteiger partial charge in [0.25, 0.3) is 0 Å². The zero-order valence-electron chi connectivity index (χ0n) is 10.7. The molecule has 4 heteroatoms. The molecule has 0 spiro atoms. The van der Waals surface area contributed by atoms with Crippen molar-refractivity contribution in [1.82, 2.24) is 9.55 Å². The first-order valence-corrected chi connectivity index (χ1v) is 6.49. The Balaban J connectivity index is 2.58. The second-order valence-corrected chi connectivity index (χ2v) is 5.14. The molecule has 3 nitrogen and oxygen atoms in total. The number of hydrogen-bond donors (Lipinski definition) is 0. The molecule has 1 heterocycles. The van der Waals surface area contributed by atoms with Crippen molar-refractivity contribution in [2.75, 3.05) is 0 Å². The highest BCUT2D eigenvalue weighted by Gasteiger charge is 2.15. The summed E-state index contributed by atoms with van der Waals surface area (Å²) >= 11 is 3.42. The zero-order valence-corrected chi connectivity index (χ0v) is 12.2. The Morgan fingerprint density at radius 3 is 2.72 bits per heavy atom. The Morgan fingerprint density at radius 1 is 1.39 bits per heavy atom. The van der Waals surface area contributed by atoms with E-state index in [1.807, 2.05) is 11.6 Å². The van der Waals surface area contributed by atoms with Crippen molar-refractivity contribution in [2.45, 2.75) is 20.3 Å². The van der Waals surface area contributed by atoms with Crippen molar-refractivity contribution in [3.05, 3.63) is 39.6 Å². The van der Waals surface area contributed by atoms with Gasteiger partial charge in [0.2, 0.25) is 0 Å². The molecule has 1 aromatic carbocycles. The number of benzene rings is 1. The van der Waals surface area contributed by atoms with Crippen LogP contribution < -0.4 is 0 Å². The first-order valence-electron chi connectivity index (χ1n) is 5.70. The molecule has 0 bridgehead atoms. The van der Waals surface area contributed by atoms with Gasteiger partial charge >= 0.3 is 0 Å². The highest BCUT2D eigenvalue weighted by Crippen LogP contribution is 2.27. The van der Waals surface area contributed by atoms with Crippen LogP contribution in [0.15, 0.2) is 22.8 Å². The predicted molar refractivity (Wildman–Crippen MR) is 75.1 cm³/mol. The molecule has 2 aromatic rings. The van der Waals surface area contributed by atoms with E-state index in [1.165, 1.54) is 11.1 Å². The summed E-state index contributed by atoms with van der Waals surface area (Å²) in [6.07, 6.45) is 0.356. The van der Waals surface area contributed by atoms with Crippen molar-refractivity contribution >= 4 is 15.9 Å². The van der Waals surface area contributed by atoms with Gasteiger partial charge in [-0.1, -0.05) is 23.8 Å². The molecular formula is C14H14BrN3. The Labute approximate surface area is 115 Å². The molecule has 0 aliphatic carbocycles. The fourth-order valence-electron chi connectivity index (χ4n) is 2.07. The van der Waals surface area contributed by atoms with E-state index in [-0.39, 0.29) is 0 Å². The summed E-state index contributed by atoms with van der Waals surface area (Å²) in [6.45, 7) is 4.15. The van der Waals surface area contributed by atoms with Crippen LogP contribution >= 0.6 is 15.9 Å². The summed E-state index contributed by atoms with van der Waals surface area (Å²) < 4.78 is 2.73. The van der Waals surface area contributed by atoms with Gasteiger partial charge in [0.1, 0.15) is 10.4 Å². The summed E-state index contributed by atoms with van der Waals surface area (Å²) in [5, 5.41) is 8.83. The van der Waals surface area contributed by atoms with Gasteiger partial charge in [-0.05, 0) is 35.3 Å². The number of nitriles is 1. The summed E-state index contributed by atoms with van der Waals surface area (Å²) in [5.41, 5.74) is 4.45. The number of hydrogen-bond acceptors (Lipinski definition) is 2. The molecular weight excluding hydrogens is 290 g/mol. The lowest BCUT2D eigenvalue weighted by Gasteiger charge is -2.07. The zero-order chi connectivity index (χ0) is 13.3. The third-order valence-corrected chi connectivity index (χ3v) is 3.67. The minimum absolute atomic E-state index is 0.356. The monoisotopic (exact) mass is 303 g/mol. The van der Waals surface area contributed by atoms with Crippen molar-refractivity contribution in [2.24, 2.45) is 7.05 Å². The molecule has 92 valence electrons. The minimum Gasteiger partial charge on any atom is -0.329 e. The van der Waals surface area contributed by atoms with Crippen molar-refractivity contribution in [1.29, 1.82) is 5.26 Å². The van der Waals surface area contributed by atoms with Crippen LogP contribution in [-0.2, 0) is 13.5 Å². The Hall–Kier alpha value is -1.60. The molecule has 0 atom stereocenters. The van der Waals surface area contributed by atoms with Gasteiger partial charge in [-0.2, -0.15) is 5.26 Å². The highest BCUT2D eigenvalue weighted by molar-refractivity contribution is 9.10. The quantitative estimate of drug-likeness (QED) is 0.851. The molecule has 0 saturated heterocycles. The number of rotatable bonds is 2. The molecule has 0 radical (unpaired) electrons. The molecule has 18 heavy (non-hydrogen) atoms. The van der Waals surface area contributed by atoms with E-state index in [0.29, 0.717) is 6.42 Å². The largest absolute Gasteiger partial charge is 0.329 e. The highest BCUT2D eigenvalue weighted by atomic mass is 79.9. The van der Waals surface area contributed by atoms with Gasteiger partial charge in [0, 0.05) is 12.6 Å². The lowest BCUT2D eigenvalue weighted by molar-refractivity contribution is 0.860. The second kappa shape index (κ2) is 4.95. The van der Waals surface area contributed by atoms with Gasteiger partial charge < -0.3 is 4.57 Å². The normalized spacial score (nSPS) is 10.4. The van der Waals surface area contributed by atoms with Gasteiger partial charge in [0.05, 0.1) is 18.2 Å². The topological polar surface area (TPSA) is 41.6 Å². The van der Waals surface area contributed by atoms with Crippen molar-refractivity contribution in [3.8, 4) is 17.5 Å². The molecule has 2 rings (SSSR count). The molecule has 0 saturated carbocycles. The molecule has 0 aliphatic heterocycles. The maximum Gasteiger partial charge on any atom is 0.141 e.